The van der Waals surface area contributed by atoms with Crippen molar-refractivity contribution >= 4 is 0 Å². The molecule has 2 rings (SSSR count). The molecule has 1 aliphatic carbocycles. The molecule has 1 aromatic heterocycles. The van der Waals surface area contributed by atoms with Gasteiger partial charge in [-0.05, 0) is 12.8 Å². The number of nitrogens with zero attached hydrogens (tertiary/aromatic N) is 1. The van der Waals surface area contributed by atoms with Crippen molar-refractivity contribution in [2.24, 2.45) is 0 Å². The summed E-state index contributed by atoms with van der Waals surface area (Å²) in [6.45, 7) is 0. The van der Waals surface area contributed by atoms with Gasteiger partial charge in [-0.3, -0.25) is 4.79 Å². The van der Waals surface area contributed by atoms with Crippen LogP contribution in [-0.4, -0.2) is 16.1 Å². The second-order valence-corrected chi connectivity index (χ2v) is 2.57. The average Bonchev–Trinajstić information content (AvgIpc) is 2.71. The van der Waals surface area contributed by atoms with Crippen LogP contribution in [0.25, 0.3) is 0 Å². The molecular weight excluding hydrogens is 144 g/mol. The Morgan fingerprint density at radius 3 is 3.09 bits per heavy atom. The van der Waals surface area contributed by atoms with Crippen LogP contribution in [0.5, 0.6) is 5.88 Å². The fraction of sp³-hybridized carbons (Fsp3) is 0.429. The first-order chi connectivity index (χ1) is 5.34. The number of hydrogen-bond donors (Lipinski definition) is 1. The van der Waals surface area contributed by atoms with Gasteiger partial charge in [0.05, 0.1) is 12.4 Å². The van der Waals surface area contributed by atoms with Gasteiger partial charge in [0.15, 0.2) is 0 Å². The lowest BCUT2D eigenvalue weighted by Gasteiger charge is -1.99. The van der Waals surface area contributed by atoms with Gasteiger partial charge in [-0.1, -0.05) is 0 Å². The molecule has 0 saturated heterocycles. The summed E-state index contributed by atoms with van der Waals surface area (Å²) >= 11 is 0. The van der Waals surface area contributed by atoms with Gasteiger partial charge < -0.3 is 9.72 Å². The van der Waals surface area contributed by atoms with Gasteiger partial charge in [-0.15, -0.1) is 0 Å². The molecule has 0 spiro atoms. The maximum Gasteiger partial charge on any atom is 0.254 e. The molecule has 0 atom stereocenters. The van der Waals surface area contributed by atoms with Gasteiger partial charge in [0.1, 0.15) is 6.10 Å². The first-order valence-corrected chi connectivity index (χ1v) is 3.56. The monoisotopic (exact) mass is 152 g/mol. The minimum absolute atomic E-state index is 0.171. The van der Waals surface area contributed by atoms with Crippen molar-refractivity contribution in [2.75, 3.05) is 0 Å². The zero-order valence-corrected chi connectivity index (χ0v) is 5.91. The van der Waals surface area contributed by atoms with Crippen molar-refractivity contribution in [1.82, 2.24) is 9.97 Å². The zero-order valence-electron chi connectivity index (χ0n) is 5.91. The van der Waals surface area contributed by atoms with Gasteiger partial charge in [0.2, 0.25) is 5.88 Å². The standard InChI is InChI=1S/C7H8N2O2/c10-6-3-7(9-4-8-6)11-5-1-2-5/h3-5H,1-2H2,(H,8,9,10). The molecule has 1 saturated carbocycles. The van der Waals surface area contributed by atoms with Crippen LogP contribution in [0.2, 0.25) is 0 Å². The van der Waals surface area contributed by atoms with E-state index in [0.717, 1.165) is 12.8 Å². The normalized spacial score (nSPS) is 16.4. The van der Waals surface area contributed by atoms with E-state index in [1.807, 2.05) is 0 Å². The van der Waals surface area contributed by atoms with Crippen LogP contribution in [0.1, 0.15) is 12.8 Å². The average molecular weight is 152 g/mol. The Morgan fingerprint density at radius 1 is 1.64 bits per heavy atom. The quantitative estimate of drug-likeness (QED) is 0.663. The fourth-order valence-electron chi connectivity index (χ4n) is 0.772. The molecule has 1 N–H and O–H groups in total. The van der Waals surface area contributed by atoms with E-state index in [1.54, 1.807) is 0 Å². The lowest BCUT2D eigenvalue weighted by molar-refractivity contribution is 0.290. The van der Waals surface area contributed by atoms with Crippen molar-refractivity contribution < 1.29 is 4.74 Å². The highest BCUT2D eigenvalue weighted by molar-refractivity contribution is 5.06. The Hall–Kier alpha value is -1.32. The highest BCUT2D eigenvalue weighted by Crippen LogP contribution is 2.24. The van der Waals surface area contributed by atoms with Crippen LogP contribution in [0.4, 0.5) is 0 Å². The van der Waals surface area contributed by atoms with Gasteiger partial charge in [0.25, 0.3) is 5.56 Å². The number of aromatic nitrogens is 2. The van der Waals surface area contributed by atoms with E-state index < -0.39 is 0 Å². The van der Waals surface area contributed by atoms with E-state index in [1.165, 1.54) is 12.4 Å². The Bertz CT molecular complexity index is 303. The molecule has 0 unspecified atom stereocenters. The molecule has 1 aromatic rings. The third-order valence-corrected chi connectivity index (χ3v) is 1.46. The first-order valence-electron chi connectivity index (χ1n) is 3.56. The Balaban J connectivity index is 2.16. The van der Waals surface area contributed by atoms with Crippen LogP contribution in [0.15, 0.2) is 17.2 Å². The molecule has 58 valence electrons. The Morgan fingerprint density at radius 2 is 2.45 bits per heavy atom. The van der Waals surface area contributed by atoms with Crippen molar-refractivity contribution in [3.8, 4) is 5.88 Å². The van der Waals surface area contributed by atoms with E-state index >= 15 is 0 Å². The molecule has 1 fully saturated rings. The minimum Gasteiger partial charge on any atom is -0.474 e. The molecule has 1 aliphatic rings. The summed E-state index contributed by atoms with van der Waals surface area (Å²) in [5.74, 6) is 0.427. The lowest BCUT2D eigenvalue weighted by atomic mass is 10.6. The fourth-order valence-corrected chi connectivity index (χ4v) is 0.772. The lowest BCUT2D eigenvalue weighted by Crippen LogP contribution is -2.07. The van der Waals surface area contributed by atoms with Crippen LogP contribution in [0.3, 0.4) is 0 Å². The van der Waals surface area contributed by atoms with E-state index in [2.05, 4.69) is 9.97 Å². The molecule has 1 heterocycles. The zero-order chi connectivity index (χ0) is 7.68. The summed E-state index contributed by atoms with van der Waals surface area (Å²) in [7, 11) is 0. The van der Waals surface area contributed by atoms with Gasteiger partial charge in [-0.25, -0.2) is 4.98 Å². The van der Waals surface area contributed by atoms with Crippen molar-refractivity contribution in [3.63, 3.8) is 0 Å². The Labute approximate surface area is 63.2 Å². The maximum absolute atomic E-state index is 10.7. The van der Waals surface area contributed by atoms with Gasteiger partial charge in [-0.2, -0.15) is 0 Å². The van der Waals surface area contributed by atoms with Crippen LogP contribution < -0.4 is 10.3 Å². The number of aromatic amines is 1. The summed E-state index contributed by atoms with van der Waals surface area (Å²) in [6.07, 6.45) is 3.80. The molecule has 0 radical (unpaired) electrons. The molecule has 0 bridgehead atoms. The number of ether oxygens (including phenoxy) is 1. The molecule has 4 nitrogen and oxygen atoms in total. The molecule has 0 aliphatic heterocycles. The summed E-state index contributed by atoms with van der Waals surface area (Å²) in [5, 5.41) is 0. The van der Waals surface area contributed by atoms with Gasteiger partial charge >= 0.3 is 0 Å². The number of rotatable bonds is 2. The summed E-state index contributed by atoms with van der Waals surface area (Å²) in [5.41, 5.74) is -0.171. The second-order valence-electron chi connectivity index (χ2n) is 2.57. The van der Waals surface area contributed by atoms with Crippen molar-refractivity contribution in [1.29, 1.82) is 0 Å². The van der Waals surface area contributed by atoms with Crippen LogP contribution >= 0.6 is 0 Å². The van der Waals surface area contributed by atoms with E-state index in [-0.39, 0.29) is 5.56 Å². The third kappa shape index (κ3) is 1.58. The summed E-state index contributed by atoms with van der Waals surface area (Å²) < 4.78 is 5.28. The third-order valence-electron chi connectivity index (χ3n) is 1.46. The number of H-pyrrole nitrogens is 1. The smallest absolute Gasteiger partial charge is 0.254 e. The highest BCUT2D eigenvalue weighted by atomic mass is 16.5. The maximum atomic E-state index is 10.7. The van der Waals surface area contributed by atoms with Crippen LogP contribution in [0, 0.1) is 0 Å². The van der Waals surface area contributed by atoms with Crippen LogP contribution in [-0.2, 0) is 0 Å². The summed E-state index contributed by atoms with van der Waals surface area (Å²) in [4.78, 5) is 17.0. The molecular formula is C7H8N2O2. The molecule has 0 aromatic carbocycles. The molecule has 4 heteroatoms. The summed E-state index contributed by atoms with van der Waals surface area (Å²) in [6, 6.07) is 1.36. The molecule has 11 heavy (non-hydrogen) atoms. The van der Waals surface area contributed by atoms with Crippen molar-refractivity contribution in [2.45, 2.75) is 18.9 Å². The highest BCUT2D eigenvalue weighted by Gasteiger charge is 2.23. The molecule has 0 amide bonds. The van der Waals surface area contributed by atoms with Gasteiger partial charge in [0, 0.05) is 0 Å². The van der Waals surface area contributed by atoms with E-state index in [0.29, 0.717) is 12.0 Å². The predicted molar refractivity (Wildman–Crippen MR) is 38.5 cm³/mol. The minimum atomic E-state index is -0.171. The largest absolute Gasteiger partial charge is 0.474 e. The second kappa shape index (κ2) is 2.38. The van der Waals surface area contributed by atoms with E-state index in [9.17, 15) is 4.79 Å². The van der Waals surface area contributed by atoms with E-state index in [4.69, 9.17) is 4.74 Å². The number of hydrogen-bond acceptors (Lipinski definition) is 3. The predicted octanol–water partition coefficient (Wildman–Crippen LogP) is 0.311. The topological polar surface area (TPSA) is 55.0 Å². The number of nitrogens with one attached hydrogen (secondary N) is 1. The first kappa shape index (κ1) is 6.39. The Kier molecular flexibility index (Phi) is 1.38. The van der Waals surface area contributed by atoms with Crippen molar-refractivity contribution in [3.05, 3.63) is 22.7 Å². The SMILES string of the molecule is O=c1cc(OC2CC2)nc[nH]1.